The highest BCUT2D eigenvalue weighted by molar-refractivity contribution is 6.30. The van der Waals surface area contributed by atoms with Crippen molar-refractivity contribution in [3.63, 3.8) is 0 Å². The molecule has 7 nitrogen and oxygen atoms in total. The molecule has 3 aromatic rings. The van der Waals surface area contributed by atoms with Crippen LogP contribution in [-0.2, 0) is 30.8 Å². The third-order valence-electron chi connectivity index (χ3n) is 5.83. The lowest BCUT2D eigenvalue weighted by atomic mass is 10.1. The molecular weight excluding hydrogens is 414 g/mol. The normalized spacial score (nSPS) is 15.3. The Morgan fingerprint density at radius 2 is 2.10 bits per heavy atom. The largest absolute Gasteiger partial charge is 0.460 e. The van der Waals surface area contributed by atoms with Crippen molar-refractivity contribution in [1.82, 2.24) is 25.0 Å². The van der Waals surface area contributed by atoms with Crippen molar-refractivity contribution in [2.75, 3.05) is 13.1 Å². The van der Waals surface area contributed by atoms with Gasteiger partial charge in [-0.25, -0.2) is 0 Å². The number of carbonyl (C=O) groups is 1. The van der Waals surface area contributed by atoms with Crippen molar-refractivity contribution in [2.45, 2.75) is 46.3 Å². The molecule has 0 aliphatic carbocycles. The number of furan rings is 1. The average Bonchev–Trinajstić information content (AvgIpc) is 3.35. The summed E-state index contributed by atoms with van der Waals surface area (Å²) in [5, 5.41) is 12.3. The Hall–Kier alpha value is -2.64. The fourth-order valence-electron chi connectivity index (χ4n) is 3.72. The summed E-state index contributed by atoms with van der Waals surface area (Å²) in [4.78, 5) is 14.4. The molecule has 1 atom stereocenters. The van der Waals surface area contributed by atoms with Crippen molar-refractivity contribution in [3.05, 3.63) is 58.8 Å². The van der Waals surface area contributed by atoms with Crippen LogP contribution in [0, 0.1) is 5.92 Å². The topological polar surface area (TPSA) is 76.2 Å². The van der Waals surface area contributed by atoms with Gasteiger partial charge in [0, 0.05) is 42.6 Å². The number of aromatic nitrogens is 3. The molecule has 4 rings (SSSR count). The molecule has 1 aliphatic rings. The first kappa shape index (κ1) is 21.6. The molecule has 8 heteroatoms. The Labute approximate surface area is 187 Å². The summed E-state index contributed by atoms with van der Waals surface area (Å²) in [5.74, 6) is 3.59. The van der Waals surface area contributed by atoms with Gasteiger partial charge in [0.25, 0.3) is 0 Å². The second-order valence-corrected chi connectivity index (χ2v) is 8.45. The summed E-state index contributed by atoms with van der Waals surface area (Å²) in [6.07, 6.45) is 1.64. The highest BCUT2D eigenvalue weighted by Gasteiger charge is 2.20. The molecule has 31 heavy (non-hydrogen) atoms. The highest BCUT2D eigenvalue weighted by atomic mass is 35.5. The molecule has 1 N–H and O–H groups in total. The van der Waals surface area contributed by atoms with Gasteiger partial charge in [0.1, 0.15) is 17.3 Å². The molecule has 2 aromatic heterocycles. The van der Waals surface area contributed by atoms with Crippen LogP contribution in [-0.4, -0.2) is 38.7 Å². The minimum absolute atomic E-state index is 0.00659. The zero-order valence-corrected chi connectivity index (χ0v) is 18.7. The van der Waals surface area contributed by atoms with Gasteiger partial charge >= 0.3 is 0 Å². The lowest BCUT2D eigenvalue weighted by Gasteiger charge is -2.18. The van der Waals surface area contributed by atoms with E-state index in [9.17, 15) is 4.79 Å². The Kier molecular flexibility index (Phi) is 6.73. The molecule has 1 aliphatic heterocycles. The first-order valence-electron chi connectivity index (χ1n) is 10.8. The number of benzene rings is 1. The van der Waals surface area contributed by atoms with E-state index >= 15 is 0 Å². The van der Waals surface area contributed by atoms with Crippen molar-refractivity contribution < 1.29 is 9.21 Å². The van der Waals surface area contributed by atoms with Crippen LogP contribution in [0.15, 0.2) is 40.8 Å². The molecule has 0 radical (unpaired) electrons. The van der Waals surface area contributed by atoms with E-state index < -0.39 is 0 Å². The number of halogens is 1. The number of hydrogen-bond acceptors (Lipinski definition) is 5. The van der Waals surface area contributed by atoms with Gasteiger partial charge in [-0.3, -0.25) is 9.69 Å². The fourth-order valence-corrected chi connectivity index (χ4v) is 3.91. The first-order valence-corrected chi connectivity index (χ1v) is 11.2. The van der Waals surface area contributed by atoms with Crippen molar-refractivity contribution >= 4 is 17.5 Å². The van der Waals surface area contributed by atoms with Crippen LogP contribution in [0.5, 0.6) is 0 Å². The summed E-state index contributed by atoms with van der Waals surface area (Å²) in [5.41, 5.74) is 0.977. The van der Waals surface area contributed by atoms with Crippen LogP contribution in [0.3, 0.4) is 0 Å². The smallest absolute Gasteiger partial charge is 0.223 e. The summed E-state index contributed by atoms with van der Waals surface area (Å²) in [6, 6.07) is 11.7. The molecule has 164 valence electrons. The van der Waals surface area contributed by atoms with E-state index in [1.807, 2.05) is 50.2 Å². The van der Waals surface area contributed by atoms with Crippen LogP contribution in [0.4, 0.5) is 0 Å². The number of nitrogens with one attached hydrogen (secondary N) is 1. The van der Waals surface area contributed by atoms with Gasteiger partial charge < -0.3 is 14.3 Å². The maximum atomic E-state index is 12.1. The van der Waals surface area contributed by atoms with Crippen LogP contribution in [0.1, 0.15) is 37.7 Å². The fraction of sp³-hybridized carbons (Fsp3) is 0.435. The highest BCUT2D eigenvalue weighted by Crippen LogP contribution is 2.25. The number of rotatable bonds is 7. The Morgan fingerprint density at radius 1 is 1.23 bits per heavy atom. The van der Waals surface area contributed by atoms with E-state index in [4.69, 9.17) is 16.0 Å². The maximum Gasteiger partial charge on any atom is 0.223 e. The SMILES string of the molecule is CCC(C)C(=O)NCc1nnc2n1CCN(Cc1ccc(-c3cccc(Cl)c3)o1)CC2. The molecule has 1 amide bonds. The van der Waals surface area contributed by atoms with Crippen molar-refractivity contribution in [1.29, 1.82) is 0 Å². The lowest BCUT2D eigenvalue weighted by Crippen LogP contribution is -2.30. The Balaban J connectivity index is 1.36. The maximum absolute atomic E-state index is 12.1. The molecule has 0 fully saturated rings. The average molecular weight is 442 g/mol. The summed E-state index contributed by atoms with van der Waals surface area (Å²) >= 11 is 6.10. The number of carbonyl (C=O) groups excluding carboxylic acids is 1. The van der Waals surface area contributed by atoms with Gasteiger partial charge in [0.15, 0.2) is 5.82 Å². The summed E-state index contributed by atoms with van der Waals surface area (Å²) in [7, 11) is 0. The first-order chi connectivity index (χ1) is 15.0. The Bertz CT molecular complexity index is 1040. The molecule has 0 spiro atoms. The van der Waals surface area contributed by atoms with Crippen molar-refractivity contribution in [2.24, 2.45) is 5.92 Å². The van der Waals surface area contributed by atoms with Crippen LogP contribution in [0.2, 0.25) is 5.02 Å². The van der Waals surface area contributed by atoms with E-state index in [2.05, 4.69) is 25.0 Å². The van der Waals surface area contributed by atoms with Gasteiger partial charge in [-0.05, 0) is 30.7 Å². The second kappa shape index (κ2) is 9.66. The number of amides is 1. The van der Waals surface area contributed by atoms with E-state index in [1.165, 1.54) is 0 Å². The van der Waals surface area contributed by atoms with Gasteiger partial charge in [-0.2, -0.15) is 0 Å². The lowest BCUT2D eigenvalue weighted by molar-refractivity contribution is -0.124. The van der Waals surface area contributed by atoms with Gasteiger partial charge in [-0.15, -0.1) is 10.2 Å². The monoisotopic (exact) mass is 441 g/mol. The third-order valence-corrected chi connectivity index (χ3v) is 6.06. The number of nitrogens with zero attached hydrogens (tertiary/aromatic N) is 4. The molecule has 0 saturated carbocycles. The summed E-state index contributed by atoms with van der Waals surface area (Å²) < 4.78 is 8.20. The van der Waals surface area contributed by atoms with Gasteiger partial charge in [0.2, 0.25) is 5.91 Å². The standard InChI is InChI=1S/C23H28ClN5O2/c1-3-16(2)23(30)25-14-22-27-26-21-9-10-28(11-12-29(21)22)15-19-7-8-20(31-19)17-5-4-6-18(24)13-17/h4-8,13,16H,3,9-12,14-15H2,1-2H3,(H,25,30). The zero-order chi connectivity index (χ0) is 21.8. The number of fused-ring (bicyclic) bond motifs is 1. The molecular formula is C23H28ClN5O2. The molecule has 0 bridgehead atoms. The van der Waals surface area contributed by atoms with Gasteiger partial charge in [0.05, 0.1) is 13.1 Å². The van der Waals surface area contributed by atoms with Crippen LogP contribution < -0.4 is 5.32 Å². The predicted molar refractivity (Wildman–Crippen MR) is 119 cm³/mol. The van der Waals surface area contributed by atoms with E-state index in [-0.39, 0.29) is 11.8 Å². The van der Waals surface area contributed by atoms with E-state index in [1.54, 1.807) is 0 Å². The van der Waals surface area contributed by atoms with E-state index in [0.717, 1.165) is 67.8 Å². The zero-order valence-electron chi connectivity index (χ0n) is 18.0. The third kappa shape index (κ3) is 5.17. The number of hydrogen-bond donors (Lipinski definition) is 1. The van der Waals surface area contributed by atoms with Gasteiger partial charge in [-0.1, -0.05) is 37.6 Å². The quantitative estimate of drug-likeness (QED) is 0.601. The van der Waals surface area contributed by atoms with Crippen LogP contribution >= 0.6 is 11.6 Å². The minimum Gasteiger partial charge on any atom is -0.460 e. The Morgan fingerprint density at radius 3 is 2.90 bits per heavy atom. The molecule has 0 saturated heterocycles. The second-order valence-electron chi connectivity index (χ2n) is 8.01. The van der Waals surface area contributed by atoms with Crippen molar-refractivity contribution in [3.8, 4) is 11.3 Å². The van der Waals surface area contributed by atoms with E-state index in [0.29, 0.717) is 11.6 Å². The minimum atomic E-state index is 0.00659. The molecule has 1 aromatic carbocycles. The van der Waals surface area contributed by atoms with Crippen LogP contribution in [0.25, 0.3) is 11.3 Å². The predicted octanol–water partition coefficient (Wildman–Crippen LogP) is 3.91. The molecule has 3 heterocycles. The summed E-state index contributed by atoms with van der Waals surface area (Å²) in [6.45, 7) is 7.63. The molecule has 1 unspecified atom stereocenters.